The summed E-state index contributed by atoms with van der Waals surface area (Å²) in [5.74, 6) is -1.01. The molecule has 6 heteroatoms. The van der Waals surface area contributed by atoms with E-state index in [0.29, 0.717) is 16.9 Å². The second kappa shape index (κ2) is 8.47. The van der Waals surface area contributed by atoms with Crippen LogP contribution in [0.1, 0.15) is 11.1 Å². The Morgan fingerprint density at radius 1 is 0.639 bits per heavy atom. The Hall–Kier alpha value is -5.33. The summed E-state index contributed by atoms with van der Waals surface area (Å²) in [6.07, 6.45) is 0. The molecule has 0 bridgehead atoms. The summed E-state index contributed by atoms with van der Waals surface area (Å²) < 4.78 is 34.2. The maximum Gasteiger partial charge on any atom is 0.216 e. The van der Waals surface area contributed by atoms with Crippen LogP contribution in [0.4, 0.5) is 4.39 Å². The second-order valence-corrected chi connectivity index (χ2v) is 8.08. The molecule has 0 amide bonds. The average Bonchev–Trinajstić information content (AvgIpc) is 2.91. The van der Waals surface area contributed by atoms with Crippen molar-refractivity contribution < 1.29 is 18.0 Å². The lowest BCUT2D eigenvalue weighted by Crippen LogP contribution is -1.98. The number of para-hydroxylation sites is 2. The third-order valence-electron chi connectivity index (χ3n) is 5.96. The number of fused-ring (bicyclic) bond motifs is 5. The molecule has 0 aliphatic carbocycles. The van der Waals surface area contributed by atoms with Gasteiger partial charge in [0, 0.05) is 10.8 Å². The van der Waals surface area contributed by atoms with Crippen LogP contribution < -0.4 is 4.74 Å². The van der Waals surface area contributed by atoms with Crippen LogP contribution in [0.15, 0.2) is 99.8 Å². The first-order chi connectivity index (χ1) is 17.7. The lowest BCUT2D eigenvalue weighted by Gasteiger charge is -2.12. The van der Waals surface area contributed by atoms with Gasteiger partial charge in [-0.15, -0.1) is 0 Å². The lowest BCUT2D eigenvalue weighted by atomic mass is 10.1. The summed E-state index contributed by atoms with van der Waals surface area (Å²) in [6.45, 7) is 0. The Balaban J connectivity index is 1.77. The van der Waals surface area contributed by atoms with Gasteiger partial charge >= 0.3 is 0 Å². The van der Waals surface area contributed by atoms with Crippen molar-refractivity contribution in [2.24, 2.45) is 0 Å². The first kappa shape index (κ1) is 21.2. The van der Waals surface area contributed by atoms with E-state index in [0.717, 1.165) is 21.5 Å². The molecule has 0 fully saturated rings. The zero-order valence-corrected chi connectivity index (χ0v) is 18.7. The molecule has 6 rings (SSSR count). The lowest BCUT2D eigenvalue weighted by molar-refractivity contribution is 0.435. The van der Waals surface area contributed by atoms with E-state index in [-0.39, 0.29) is 22.5 Å². The predicted octanol–water partition coefficient (Wildman–Crippen LogP) is 8.28. The van der Waals surface area contributed by atoms with Crippen LogP contribution in [0, 0.1) is 28.5 Å². The van der Waals surface area contributed by atoms with E-state index in [2.05, 4.69) is 0 Å². The van der Waals surface area contributed by atoms with Gasteiger partial charge in [0.25, 0.3) is 0 Å². The molecule has 0 saturated heterocycles. The molecule has 0 saturated carbocycles. The van der Waals surface area contributed by atoms with Crippen molar-refractivity contribution in [3.63, 3.8) is 0 Å². The van der Waals surface area contributed by atoms with E-state index in [9.17, 15) is 10.5 Å². The first-order valence-electron chi connectivity index (χ1n) is 11.1. The maximum atomic E-state index is 15.8. The molecule has 0 aliphatic rings. The number of hydrogen-bond donors (Lipinski definition) is 0. The Kier molecular flexibility index (Phi) is 4.99. The van der Waals surface area contributed by atoms with Crippen LogP contribution in [0.25, 0.3) is 43.9 Å². The quantitative estimate of drug-likeness (QED) is 0.254. The third-order valence-corrected chi connectivity index (χ3v) is 5.96. The molecule has 0 atom stereocenters. The molecule has 6 aromatic rings. The highest BCUT2D eigenvalue weighted by molar-refractivity contribution is 6.03. The van der Waals surface area contributed by atoms with Gasteiger partial charge < -0.3 is 13.6 Å². The first-order valence-corrected chi connectivity index (χ1v) is 11.1. The van der Waals surface area contributed by atoms with E-state index in [1.165, 1.54) is 0 Å². The van der Waals surface area contributed by atoms with Gasteiger partial charge in [-0.3, -0.25) is 0 Å². The van der Waals surface area contributed by atoms with Gasteiger partial charge in [-0.1, -0.05) is 66.7 Å². The van der Waals surface area contributed by atoms with Gasteiger partial charge in [-0.2, -0.15) is 10.5 Å². The Morgan fingerprint density at radius 3 is 1.89 bits per heavy atom. The minimum absolute atomic E-state index is 0.0896. The zero-order chi connectivity index (χ0) is 24.6. The fraction of sp³-hybridized carbons (Fsp3) is 0. The second-order valence-electron chi connectivity index (χ2n) is 8.08. The monoisotopic (exact) mass is 470 g/mol. The van der Waals surface area contributed by atoms with Crippen molar-refractivity contribution in [2.75, 3.05) is 0 Å². The van der Waals surface area contributed by atoms with Crippen LogP contribution in [0.3, 0.4) is 0 Å². The molecule has 0 radical (unpaired) electrons. The molecule has 0 unspecified atom stereocenters. The SMILES string of the molecule is N#Cc1c(F)c(Oc2ccc3ccccc3c2)c2oc3ccccc3c3ccccc3oc2c1C#N. The number of rotatable bonds is 2. The largest absolute Gasteiger partial charge is 0.451 e. The normalized spacial score (nSPS) is 10.9. The van der Waals surface area contributed by atoms with E-state index in [4.69, 9.17) is 13.6 Å². The van der Waals surface area contributed by atoms with Crippen molar-refractivity contribution in [3.05, 3.63) is 108 Å². The highest BCUT2D eigenvalue weighted by atomic mass is 19.1. The fourth-order valence-corrected chi connectivity index (χ4v) is 4.27. The molecule has 1 heterocycles. The van der Waals surface area contributed by atoms with Gasteiger partial charge in [0.05, 0.1) is 0 Å². The molecule has 0 aliphatic heterocycles. The highest BCUT2D eigenvalue weighted by Gasteiger charge is 2.25. The molecule has 0 N–H and O–H groups in total. The number of nitrogens with zero attached hydrogens (tertiary/aromatic N) is 2. The third kappa shape index (κ3) is 3.37. The van der Waals surface area contributed by atoms with Crippen molar-refractivity contribution in [2.45, 2.75) is 0 Å². The van der Waals surface area contributed by atoms with Crippen LogP contribution in [0.2, 0.25) is 0 Å². The molecular formula is C30H15FN2O3. The molecule has 36 heavy (non-hydrogen) atoms. The van der Waals surface area contributed by atoms with Crippen molar-refractivity contribution in [1.82, 2.24) is 0 Å². The smallest absolute Gasteiger partial charge is 0.216 e. The summed E-state index contributed by atoms with van der Waals surface area (Å²) in [5, 5.41) is 23.0. The molecule has 170 valence electrons. The zero-order valence-electron chi connectivity index (χ0n) is 18.7. The minimum atomic E-state index is -1.00. The standard InChI is InChI=1S/C30H15FN2O3/c31-27-23(16-32)24(17-33)28-30(29(27)34-20-14-13-18-7-1-2-8-19(18)15-20)36-26-12-6-4-10-22(26)21-9-3-5-11-25(21)35-28/h1-15H. The maximum absolute atomic E-state index is 15.8. The van der Waals surface area contributed by atoms with Crippen molar-refractivity contribution in [3.8, 4) is 23.6 Å². The van der Waals surface area contributed by atoms with Crippen LogP contribution in [-0.2, 0) is 0 Å². The summed E-state index contributed by atoms with van der Waals surface area (Å²) in [6, 6.07) is 31.2. The summed E-state index contributed by atoms with van der Waals surface area (Å²) in [7, 11) is 0. The van der Waals surface area contributed by atoms with Crippen molar-refractivity contribution >= 4 is 43.9 Å². The number of ether oxygens (including phenoxy) is 1. The van der Waals surface area contributed by atoms with Crippen LogP contribution in [0.5, 0.6) is 11.5 Å². The number of hydrogen-bond acceptors (Lipinski definition) is 5. The van der Waals surface area contributed by atoms with E-state index in [1.807, 2.05) is 60.7 Å². The predicted molar refractivity (Wildman–Crippen MR) is 135 cm³/mol. The van der Waals surface area contributed by atoms with E-state index >= 15 is 4.39 Å². The Bertz CT molecular complexity index is 1970. The average molecular weight is 470 g/mol. The van der Waals surface area contributed by atoms with Gasteiger partial charge in [0.15, 0.2) is 11.4 Å². The van der Waals surface area contributed by atoms with Gasteiger partial charge in [-0.05, 0) is 35.0 Å². The van der Waals surface area contributed by atoms with Crippen LogP contribution >= 0.6 is 0 Å². The van der Waals surface area contributed by atoms with E-state index in [1.54, 1.807) is 42.5 Å². The minimum Gasteiger partial charge on any atom is -0.451 e. The Labute approximate surface area is 204 Å². The van der Waals surface area contributed by atoms with Gasteiger partial charge in [0.2, 0.25) is 11.3 Å². The summed E-state index contributed by atoms with van der Waals surface area (Å²) in [5.41, 5.74) is -0.123. The summed E-state index contributed by atoms with van der Waals surface area (Å²) in [4.78, 5) is 0. The molecule has 1 aromatic heterocycles. The van der Waals surface area contributed by atoms with E-state index < -0.39 is 11.4 Å². The topological polar surface area (TPSA) is 83.1 Å². The fourth-order valence-electron chi connectivity index (χ4n) is 4.27. The van der Waals surface area contributed by atoms with Gasteiger partial charge in [0.1, 0.15) is 40.2 Å². The Morgan fingerprint density at radius 2 is 1.22 bits per heavy atom. The molecule has 5 nitrogen and oxygen atoms in total. The highest BCUT2D eigenvalue weighted by Crippen LogP contribution is 2.39. The number of nitriles is 2. The van der Waals surface area contributed by atoms with Crippen LogP contribution in [-0.4, -0.2) is 0 Å². The van der Waals surface area contributed by atoms with Gasteiger partial charge in [-0.25, -0.2) is 4.39 Å². The number of benzene rings is 5. The summed E-state index contributed by atoms with van der Waals surface area (Å²) >= 11 is 0. The van der Waals surface area contributed by atoms with Crippen molar-refractivity contribution in [1.29, 1.82) is 10.5 Å². The number of halogens is 1. The molecule has 0 spiro atoms. The molecular weight excluding hydrogens is 455 g/mol. The molecule has 5 aromatic carbocycles.